The lowest BCUT2D eigenvalue weighted by molar-refractivity contribution is -0.153. The molecule has 0 heterocycles. The van der Waals surface area contributed by atoms with Crippen LogP contribution in [-0.2, 0) is 14.3 Å². The molecule has 80 valence electrons. The second-order valence-electron chi connectivity index (χ2n) is 3.42. The molecule has 0 saturated heterocycles. The Balaban J connectivity index is 2.28. The van der Waals surface area contributed by atoms with E-state index < -0.39 is 5.79 Å². The Morgan fingerprint density at radius 1 is 1.20 bits per heavy atom. The summed E-state index contributed by atoms with van der Waals surface area (Å²) in [4.78, 5) is 11.6. The topological polar surface area (TPSA) is 35.5 Å². The minimum Gasteiger partial charge on any atom is -0.346 e. The van der Waals surface area contributed by atoms with Crippen LogP contribution in [0.15, 0.2) is 24.3 Å². The van der Waals surface area contributed by atoms with Gasteiger partial charge in [-0.05, 0) is 17.7 Å². The number of Topliss-reactive ketones (excluding diaryl/α,β-unsaturated/α-hetero) is 1. The first-order valence-corrected chi connectivity index (χ1v) is 4.93. The molecule has 0 aromatic heterocycles. The van der Waals surface area contributed by atoms with Crippen molar-refractivity contribution in [1.82, 2.24) is 0 Å². The number of ketones is 1. The molecule has 0 spiro atoms. The minimum absolute atomic E-state index is 0.0465. The maximum absolute atomic E-state index is 11.6. The van der Waals surface area contributed by atoms with Crippen LogP contribution in [0.3, 0.4) is 0 Å². The maximum atomic E-state index is 11.6. The average molecular weight is 227 g/mol. The third-order valence-corrected chi connectivity index (χ3v) is 2.96. The number of hydrogen-bond acceptors (Lipinski definition) is 3. The van der Waals surface area contributed by atoms with E-state index >= 15 is 0 Å². The van der Waals surface area contributed by atoms with Crippen molar-refractivity contribution in [1.29, 1.82) is 0 Å². The molecular weight excluding hydrogens is 216 g/mol. The highest BCUT2D eigenvalue weighted by Crippen LogP contribution is 2.50. The van der Waals surface area contributed by atoms with Crippen LogP contribution in [0.25, 0.3) is 0 Å². The van der Waals surface area contributed by atoms with E-state index in [0.717, 1.165) is 5.56 Å². The van der Waals surface area contributed by atoms with E-state index in [9.17, 15) is 4.79 Å². The van der Waals surface area contributed by atoms with Crippen molar-refractivity contribution in [2.45, 2.75) is 11.7 Å². The smallest absolute Gasteiger partial charge is 0.243 e. The number of carbonyl (C=O) groups is 1. The molecule has 0 radical (unpaired) electrons. The Bertz CT molecular complexity index is 381. The standard InChI is InChI=1S/C11H11ClO3/c1-14-11(15-2)9(10(11)13)7-3-5-8(12)6-4-7/h3-6,9H,1-2H3. The summed E-state index contributed by atoms with van der Waals surface area (Å²) >= 11 is 5.76. The zero-order chi connectivity index (χ0) is 11.1. The molecule has 0 N–H and O–H groups in total. The fourth-order valence-electron chi connectivity index (χ4n) is 1.81. The first-order chi connectivity index (χ1) is 7.15. The number of hydrogen-bond donors (Lipinski definition) is 0. The number of ether oxygens (including phenoxy) is 2. The van der Waals surface area contributed by atoms with Crippen LogP contribution >= 0.6 is 11.6 Å². The lowest BCUT2D eigenvalue weighted by atomic mass is 10.1. The highest BCUT2D eigenvalue weighted by Gasteiger charge is 2.68. The number of benzene rings is 1. The minimum atomic E-state index is -1.08. The van der Waals surface area contributed by atoms with E-state index in [1.165, 1.54) is 14.2 Å². The van der Waals surface area contributed by atoms with Gasteiger partial charge in [-0.25, -0.2) is 0 Å². The molecule has 1 aromatic carbocycles. The summed E-state index contributed by atoms with van der Waals surface area (Å²) < 4.78 is 10.2. The Labute approximate surface area is 92.9 Å². The van der Waals surface area contributed by atoms with Gasteiger partial charge in [0.1, 0.15) is 5.92 Å². The Kier molecular flexibility index (Phi) is 2.54. The van der Waals surface area contributed by atoms with Gasteiger partial charge < -0.3 is 9.47 Å². The van der Waals surface area contributed by atoms with E-state index in [-0.39, 0.29) is 11.7 Å². The first kappa shape index (κ1) is 10.6. The SMILES string of the molecule is COC1(OC)C(=O)C1c1ccc(Cl)cc1. The molecule has 3 nitrogen and oxygen atoms in total. The Morgan fingerprint density at radius 2 is 1.73 bits per heavy atom. The lowest BCUT2D eigenvalue weighted by Gasteiger charge is -2.10. The predicted octanol–water partition coefficient (Wildman–Crippen LogP) is 2.00. The van der Waals surface area contributed by atoms with Crippen LogP contribution < -0.4 is 0 Å². The van der Waals surface area contributed by atoms with Crippen molar-refractivity contribution in [3.8, 4) is 0 Å². The summed E-state index contributed by atoms with van der Waals surface area (Å²) in [5, 5.41) is 0.646. The van der Waals surface area contributed by atoms with Crippen LogP contribution in [0.1, 0.15) is 11.5 Å². The Hall–Kier alpha value is -0.900. The zero-order valence-electron chi connectivity index (χ0n) is 8.49. The van der Waals surface area contributed by atoms with Crippen LogP contribution in [0.5, 0.6) is 0 Å². The largest absolute Gasteiger partial charge is 0.346 e. The van der Waals surface area contributed by atoms with E-state index in [2.05, 4.69) is 0 Å². The molecule has 0 aliphatic heterocycles. The highest BCUT2D eigenvalue weighted by atomic mass is 35.5. The van der Waals surface area contributed by atoms with Gasteiger partial charge in [-0.1, -0.05) is 23.7 Å². The van der Waals surface area contributed by atoms with Crippen LogP contribution in [0, 0.1) is 0 Å². The van der Waals surface area contributed by atoms with Gasteiger partial charge in [-0.15, -0.1) is 0 Å². The number of carbonyl (C=O) groups excluding carboxylic acids is 1. The zero-order valence-corrected chi connectivity index (χ0v) is 9.25. The summed E-state index contributed by atoms with van der Waals surface area (Å²) in [6.07, 6.45) is 0. The van der Waals surface area contributed by atoms with Crippen LogP contribution in [-0.4, -0.2) is 25.8 Å². The first-order valence-electron chi connectivity index (χ1n) is 4.56. The van der Waals surface area contributed by atoms with Gasteiger partial charge in [0.05, 0.1) is 0 Å². The average Bonchev–Trinajstić information content (AvgIpc) is 2.85. The molecule has 1 aliphatic carbocycles. The predicted molar refractivity (Wildman–Crippen MR) is 55.9 cm³/mol. The third kappa shape index (κ3) is 1.47. The number of rotatable bonds is 3. The quantitative estimate of drug-likeness (QED) is 0.740. The molecule has 15 heavy (non-hydrogen) atoms. The fraction of sp³-hybridized carbons (Fsp3) is 0.364. The fourth-order valence-corrected chi connectivity index (χ4v) is 1.94. The van der Waals surface area contributed by atoms with Gasteiger partial charge in [-0.3, -0.25) is 4.79 Å². The second-order valence-corrected chi connectivity index (χ2v) is 3.86. The summed E-state index contributed by atoms with van der Waals surface area (Å²) in [5.41, 5.74) is 0.869. The molecule has 4 heteroatoms. The summed E-state index contributed by atoms with van der Waals surface area (Å²) in [6.45, 7) is 0. The summed E-state index contributed by atoms with van der Waals surface area (Å²) in [7, 11) is 2.94. The summed E-state index contributed by atoms with van der Waals surface area (Å²) in [6, 6.07) is 7.12. The molecule has 1 fully saturated rings. The molecule has 0 bridgehead atoms. The molecule has 1 aromatic rings. The molecule has 0 amide bonds. The van der Waals surface area contributed by atoms with Gasteiger partial charge in [0.25, 0.3) is 0 Å². The molecule has 1 saturated carbocycles. The Morgan fingerprint density at radius 3 is 2.13 bits per heavy atom. The van der Waals surface area contributed by atoms with Crippen molar-refractivity contribution in [2.75, 3.05) is 14.2 Å². The van der Waals surface area contributed by atoms with Crippen molar-refractivity contribution in [2.24, 2.45) is 0 Å². The number of halogens is 1. The van der Waals surface area contributed by atoms with Gasteiger partial charge in [0.15, 0.2) is 0 Å². The molecule has 1 unspecified atom stereocenters. The molecular formula is C11H11ClO3. The van der Waals surface area contributed by atoms with Crippen molar-refractivity contribution in [3.63, 3.8) is 0 Å². The van der Waals surface area contributed by atoms with Crippen molar-refractivity contribution in [3.05, 3.63) is 34.9 Å². The molecule has 1 aliphatic rings. The van der Waals surface area contributed by atoms with E-state index in [4.69, 9.17) is 21.1 Å². The van der Waals surface area contributed by atoms with Gasteiger partial charge in [-0.2, -0.15) is 0 Å². The number of methoxy groups -OCH3 is 2. The van der Waals surface area contributed by atoms with Crippen molar-refractivity contribution >= 4 is 17.4 Å². The van der Waals surface area contributed by atoms with Crippen LogP contribution in [0.2, 0.25) is 5.02 Å². The third-order valence-electron chi connectivity index (χ3n) is 2.71. The van der Waals surface area contributed by atoms with Gasteiger partial charge >= 0.3 is 0 Å². The molecule has 1 atom stereocenters. The van der Waals surface area contributed by atoms with Crippen molar-refractivity contribution < 1.29 is 14.3 Å². The maximum Gasteiger partial charge on any atom is 0.243 e. The van der Waals surface area contributed by atoms with E-state index in [0.29, 0.717) is 5.02 Å². The lowest BCUT2D eigenvalue weighted by Crippen LogP contribution is -2.19. The highest BCUT2D eigenvalue weighted by molar-refractivity contribution is 6.30. The summed E-state index contributed by atoms with van der Waals surface area (Å²) in [5.74, 6) is -1.45. The van der Waals surface area contributed by atoms with E-state index in [1.54, 1.807) is 12.1 Å². The second kappa shape index (κ2) is 3.59. The monoisotopic (exact) mass is 226 g/mol. The van der Waals surface area contributed by atoms with Crippen LogP contribution in [0.4, 0.5) is 0 Å². The van der Waals surface area contributed by atoms with Gasteiger partial charge in [0.2, 0.25) is 11.6 Å². The van der Waals surface area contributed by atoms with Gasteiger partial charge in [0, 0.05) is 19.2 Å². The normalized spacial score (nSPS) is 22.9. The van der Waals surface area contributed by atoms with E-state index in [1.807, 2.05) is 12.1 Å². The molecule has 2 rings (SSSR count).